The van der Waals surface area contributed by atoms with Gasteiger partial charge in [-0.25, -0.2) is 0 Å². The number of nitrogens with one attached hydrogen (secondary N) is 1. The molecule has 2 amide bonds. The van der Waals surface area contributed by atoms with Crippen molar-refractivity contribution < 1.29 is 9.59 Å². The van der Waals surface area contributed by atoms with Gasteiger partial charge in [-0.2, -0.15) is 9.90 Å². The van der Waals surface area contributed by atoms with Gasteiger partial charge in [-0.3, -0.25) is 9.59 Å². The molecule has 7 heteroatoms. The van der Waals surface area contributed by atoms with Crippen molar-refractivity contribution >= 4 is 17.6 Å². The predicted octanol–water partition coefficient (Wildman–Crippen LogP) is 0.639. The Morgan fingerprint density at radius 3 is 2.58 bits per heavy atom. The second-order valence-corrected chi connectivity index (χ2v) is 4.74. The lowest BCUT2D eigenvalue weighted by Crippen LogP contribution is -2.35. The average molecular weight is 265 g/mol. The SMILES string of the molecule is CC(=O)Nc1cnn(CC(=O)N2CCCCCC2)n1. The van der Waals surface area contributed by atoms with Crippen molar-refractivity contribution in [1.29, 1.82) is 0 Å². The fourth-order valence-electron chi connectivity index (χ4n) is 2.15. The van der Waals surface area contributed by atoms with E-state index < -0.39 is 0 Å². The van der Waals surface area contributed by atoms with E-state index >= 15 is 0 Å². The van der Waals surface area contributed by atoms with Crippen molar-refractivity contribution in [3.05, 3.63) is 6.20 Å². The molecule has 2 rings (SSSR count). The first-order chi connectivity index (χ1) is 9.15. The third-order valence-corrected chi connectivity index (χ3v) is 3.08. The Hall–Kier alpha value is -1.92. The molecule has 0 bridgehead atoms. The molecule has 0 atom stereocenters. The molecule has 0 aromatic carbocycles. The van der Waals surface area contributed by atoms with E-state index in [-0.39, 0.29) is 18.4 Å². The molecule has 1 aliphatic rings. The topological polar surface area (TPSA) is 80.1 Å². The minimum Gasteiger partial charge on any atom is -0.341 e. The van der Waals surface area contributed by atoms with Crippen molar-refractivity contribution in [3.63, 3.8) is 0 Å². The zero-order valence-electron chi connectivity index (χ0n) is 11.1. The van der Waals surface area contributed by atoms with Crippen molar-refractivity contribution in [2.45, 2.75) is 39.2 Å². The zero-order chi connectivity index (χ0) is 13.7. The van der Waals surface area contributed by atoms with E-state index in [0.717, 1.165) is 25.9 Å². The van der Waals surface area contributed by atoms with Crippen LogP contribution in [0.2, 0.25) is 0 Å². The molecular weight excluding hydrogens is 246 g/mol. The number of hydrogen-bond donors (Lipinski definition) is 1. The van der Waals surface area contributed by atoms with Gasteiger partial charge in [-0.1, -0.05) is 12.8 Å². The fourth-order valence-corrected chi connectivity index (χ4v) is 2.15. The van der Waals surface area contributed by atoms with Gasteiger partial charge in [0.2, 0.25) is 11.8 Å². The highest BCUT2D eigenvalue weighted by molar-refractivity contribution is 5.87. The molecular formula is C12H19N5O2. The third-order valence-electron chi connectivity index (χ3n) is 3.08. The number of aromatic nitrogens is 3. The molecule has 104 valence electrons. The number of nitrogens with zero attached hydrogens (tertiary/aromatic N) is 4. The third kappa shape index (κ3) is 4.04. The van der Waals surface area contributed by atoms with Crippen LogP contribution in [0.4, 0.5) is 5.82 Å². The van der Waals surface area contributed by atoms with Gasteiger partial charge in [0.25, 0.3) is 0 Å². The van der Waals surface area contributed by atoms with Gasteiger partial charge in [0.15, 0.2) is 5.82 Å². The monoisotopic (exact) mass is 265 g/mol. The highest BCUT2D eigenvalue weighted by Crippen LogP contribution is 2.10. The predicted molar refractivity (Wildman–Crippen MR) is 69.4 cm³/mol. The normalized spacial score (nSPS) is 15.9. The Labute approximate surface area is 112 Å². The maximum absolute atomic E-state index is 12.1. The lowest BCUT2D eigenvalue weighted by Gasteiger charge is -2.19. The van der Waals surface area contributed by atoms with Gasteiger partial charge in [0.05, 0.1) is 6.20 Å². The molecule has 7 nitrogen and oxygen atoms in total. The molecule has 1 aromatic heterocycles. The summed E-state index contributed by atoms with van der Waals surface area (Å²) in [5.41, 5.74) is 0. The summed E-state index contributed by atoms with van der Waals surface area (Å²) < 4.78 is 0. The number of rotatable bonds is 3. The largest absolute Gasteiger partial charge is 0.341 e. The average Bonchev–Trinajstić information content (AvgIpc) is 2.64. The summed E-state index contributed by atoms with van der Waals surface area (Å²) in [6, 6.07) is 0. The van der Waals surface area contributed by atoms with Gasteiger partial charge < -0.3 is 10.2 Å². The van der Waals surface area contributed by atoms with Crippen LogP contribution in [0.1, 0.15) is 32.6 Å². The summed E-state index contributed by atoms with van der Waals surface area (Å²) in [5, 5.41) is 10.5. The highest BCUT2D eigenvalue weighted by Gasteiger charge is 2.16. The van der Waals surface area contributed by atoms with Crippen molar-refractivity contribution in [2.24, 2.45) is 0 Å². The molecule has 0 saturated carbocycles. The van der Waals surface area contributed by atoms with E-state index in [4.69, 9.17) is 0 Å². The molecule has 1 fully saturated rings. The van der Waals surface area contributed by atoms with Gasteiger partial charge in [-0.05, 0) is 12.8 Å². The van der Waals surface area contributed by atoms with Crippen molar-refractivity contribution in [3.8, 4) is 0 Å². The Kier molecular flexibility index (Phi) is 4.48. The van der Waals surface area contributed by atoms with Crippen LogP contribution in [-0.2, 0) is 16.1 Å². The van der Waals surface area contributed by atoms with Crippen LogP contribution >= 0.6 is 0 Å². The standard InChI is InChI=1S/C12H19N5O2/c1-10(18)14-11-8-13-17(15-11)9-12(19)16-6-4-2-3-5-7-16/h8H,2-7,9H2,1H3,(H,14,15,18). The van der Waals surface area contributed by atoms with Crippen LogP contribution in [0.3, 0.4) is 0 Å². The number of carbonyl (C=O) groups is 2. The molecule has 0 radical (unpaired) electrons. The van der Waals surface area contributed by atoms with E-state index in [1.54, 1.807) is 0 Å². The van der Waals surface area contributed by atoms with Crippen LogP contribution in [0, 0.1) is 0 Å². The summed E-state index contributed by atoms with van der Waals surface area (Å²) in [7, 11) is 0. The van der Waals surface area contributed by atoms with E-state index in [9.17, 15) is 9.59 Å². The molecule has 19 heavy (non-hydrogen) atoms. The van der Waals surface area contributed by atoms with E-state index in [1.807, 2.05) is 4.90 Å². The summed E-state index contributed by atoms with van der Waals surface area (Å²) in [5.74, 6) is 0.203. The maximum atomic E-state index is 12.1. The zero-order valence-corrected chi connectivity index (χ0v) is 11.1. The van der Waals surface area contributed by atoms with Crippen LogP contribution in [-0.4, -0.2) is 44.8 Å². The lowest BCUT2D eigenvalue weighted by atomic mass is 10.2. The minimum absolute atomic E-state index is 0.0341. The molecule has 0 unspecified atom stereocenters. The van der Waals surface area contributed by atoms with Gasteiger partial charge >= 0.3 is 0 Å². The number of amides is 2. The number of anilines is 1. The Bertz CT molecular complexity index is 449. The van der Waals surface area contributed by atoms with Gasteiger partial charge in [0, 0.05) is 20.0 Å². The summed E-state index contributed by atoms with van der Waals surface area (Å²) in [6.45, 7) is 3.16. The second-order valence-electron chi connectivity index (χ2n) is 4.74. The number of likely N-dealkylation sites (tertiary alicyclic amines) is 1. The van der Waals surface area contributed by atoms with E-state index in [0.29, 0.717) is 5.82 Å². The van der Waals surface area contributed by atoms with Crippen molar-refractivity contribution in [1.82, 2.24) is 19.9 Å². The summed E-state index contributed by atoms with van der Waals surface area (Å²) >= 11 is 0. The Balaban J connectivity index is 1.90. The first-order valence-electron chi connectivity index (χ1n) is 6.60. The van der Waals surface area contributed by atoms with Crippen LogP contribution in [0.25, 0.3) is 0 Å². The quantitative estimate of drug-likeness (QED) is 0.869. The van der Waals surface area contributed by atoms with Gasteiger partial charge in [0.1, 0.15) is 6.54 Å². The number of carbonyl (C=O) groups excluding carboxylic acids is 2. The molecule has 0 spiro atoms. The van der Waals surface area contributed by atoms with Gasteiger partial charge in [-0.15, -0.1) is 5.10 Å². The molecule has 1 aliphatic heterocycles. The van der Waals surface area contributed by atoms with E-state index in [2.05, 4.69) is 15.5 Å². The van der Waals surface area contributed by atoms with E-state index in [1.165, 1.54) is 30.8 Å². The lowest BCUT2D eigenvalue weighted by molar-refractivity contribution is -0.132. The van der Waals surface area contributed by atoms with Crippen LogP contribution in [0.5, 0.6) is 0 Å². The Morgan fingerprint density at radius 1 is 1.26 bits per heavy atom. The Morgan fingerprint density at radius 2 is 1.95 bits per heavy atom. The van der Waals surface area contributed by atoms with Crippen LogP contribution in [0.15, 0.2) is 6.20 Å². The molecule has 0 aliphatic carbocycles. The fraction of sp³-hybridized carbons (Fsp3) is 0.667. The second kappa shape index (κ2) is 6.31. The summed E-state index contributed by atoms with van der Waals surface area (Å²) in [4.78, 5) is 26.1. The highest BCUT2D eigenvalue weighted by atomic mass is 16.2. The molecule has 2 heterocycles. The smallest absolute Gasteiger partial charge is 0.246 e. The van der Waals surface area contributed by atoms with Crippen molar-refractivity contribution in [2.75, 3.05) is 18.4 Å². The summed E-state index contributed by atoms with van der Waals surface area (Å²) in [6.07, 6.45) is 5.95. The first kappa shape index (κ1) is 13.5. The maximum Gasteiger partial charge on any atom is 0.246 e. The molecule has 1 aromatic rings. The molecule has 1 saturated heterocycles. The first-order valence-corrected chi connectivity index (χ1v) is 6.60. The number of hydrogen-bond acceptors (Lipinski definition) is 4. The van der Waals surface area contributed by atoms with Crippen LogP contribution < -0.4 is 5.32 Å². The minimum atomic E-state index is -0.203. The molecule has 1 N–H and O–H groups in total.